The lowest BCUT2D eigenvalue weighted by molar-refractivity contribution is 0.143. The lowest BCUT2D eigenvalue weighted by Crippen LogP contribution is -2.26. The molecule has 31 heavy (non-hydrogen) atoms. The van der Waals surface area contributed by atoms with Crippen molar-refractivity contribution in [3.8, 4) is 11.1 Å². The minimum atomic E-state index is -0.362. The zero-order valence-corrected chi connectivity index (χ0v) is 17.4. The van der Waals surface area contributed by atoms with Gasteiger partial charge in [-0.25, -0.2) is 4.79 Å². The van der Waals surface area contributed by atoms with Gasteiger partial charge in [-0.05, 0) is 58.4 Å². The number of carbonyl (C=O) groups excluding carboxylic acids is 1. The highest BCUT2D eigenvalue weighted by Crippen LogP contribution is 2.44. The van der Waals surface area contributed by atoms with Gasteiger partial charge in [-0.3, -0.25) is 0 Å². The third-order valence-corrected chi connectivity index (χ3v) is 6.07. The smallest absolute Gasteiger partial charge is 0.407 e. The molecule has 0 fully saturated rings. The Balaban J connectivity index is 1.11. The van der Waals surface area contributed by atoms with Crippen LogP contribution in [0.4, 0.5) is 10.5 Å². The Bertz CT molecular complexity index is 1090. The predicted molar refractivity (Wildman–Crippen MR) is 125 cm³/mol. The summed E-state index contributed by atoms with van der Waals surface area (Å²) < 4.78 is 5.57. The van der Waals surface area contributed by atoms with Crippen LogP contribution in [0.15, 0.2) is 72.8 Å². The molecule has 0 radical (unpaired) electrons. The number of benzene rings is 3. The Morgan fingerprint density at radius 3 is 2.55 bits per heavy atom. The van der Waals surface area contributed by atoms with Gasteiger partial charge in [0.05, 0.1) is 0 Å². The molecule has 0 saturated heterocycles. The Morgan fingerprint density at radius 1 is 1.03 bits per heavy atom. The van der Waals surface area contributed by atoms with Gasteiger partial charge in [0.15, 0.2) is 0 Å². The van der Waals surface area contributed by atoms with Crippen LogP contribution in [0, 0.1) is 0 Å². The van der Waals surface area contributed by atoms with Crippen molar-refractivity contribution < 1.29 is 9.53 Å². The molecule has 1 heterocycles. The zero-order valence-electron chi connectivity index (χ0n) is 17.4. The molecule has 1 aliphatic heterocycles. The van der Waals surface area contributed by atoms with Crippen LogP contribution in [0.25, 0.3) is 17.2 Å². The minimum Gasteiger partial charge on any atom is -0.449 e. The topological polar surface area (TPSA) is 50.4 Å². The normalized spacial score (nSPS) is 14.1. The number of carbonyl (C=O) groups is 1. The second kappa shape index (κ2) is 8.68. The number of hydrogen-bond donors (Lipinski definition) is 2. The molecule has 1 amide bonds. The summed E-state index contributed by atoms with van der Waals surface area (Å²) in [4.78, 5) is 12.2. The van der Waals surface area contributed by atoms with Crippen LogP contribution in [0.5, 0.6) is 0 Å². The van der Waals surface area contributed by atoms with Crippen molar-refractivity contribution in [3.63, 3.8) is 0 Å². The van der Waals surface area contributed by atoms with Crippen LogP contribution in [-0.2, 0) is 11.2 Å². The summed E-state index contributed by atoms with van der Waals surface area (Å²) in [6.45, 7) is 1.92. The van der Waals surface area contributed by atoms with Gasteiger partial charge in [0.25, 0.3) is 0 Å². The van der Waals surface area contributed by atoms with Crippen LogP contribution in [0.3, 0.4) is 0 Å². The highest BCUT2D eigenvalue weighted by Gasteiger charge is 2.28. The SMILES string of the molecule is O=C(NCCC=Cc1ccc2c(c1)CCN2)OCC1c2ccccc2-c2ccccc21. The monoisotopic (exact) mass is 410 g/mol. The van der Waals surface area contributed by atoms with Gasteiger partial charge in [0, 0.05) is 24.7 Å². The fraction of sp³-hybridized carbons (Fsp3) is 0.222. The molecule has 3 aromatic rings. The number of ether oxygens (including phenoxy) is 1. The van der Waals surface area contributed by atoms with Crippen molar-refractivity contribution in [1.29, 1.82) is 0 Å². The number of hydrogen-bond acceptors (Lipinski definition) is 3. The van der Waals surface area contributed by atoms with Crippen LogP contribution in [0.2, 0.25) is 0 Å². The first kappa shape index (κ1) is 19.4. The second-order valence-corrected chi connectivity index (χ2v) is 8.04. The van der Waals surface area contributed by atoms with E-state index in [4.69, 9.17) is 4.74 Å². The third kappa shape index (κ3) is 4.06. The number of anilines is 1. The summed E-state index contributed by atoms with van der Waals surface area (Å²) in [7, 11) is 0. The molecule has 0 saturated carbocycles. The lowest BCUT2D eigenvalue weighted by atomic mass is 9.98. The highest BCUT2D eigenvalue weighted by atomic mass is 16.5. The fourth-order valence-corrected chi connectivity index (χ4v) is 4.55. The van der Waals surface area contributed by atoms with E-state index in [1.54, 1.807) is 0 Å². The molecule has 4 heteroatoms. The molecular weight excluding hydrogens is 384 g/mol. The highest BCUT2D eigenvalue weighted by molar-refractivity contribution is 5.79. The molecule has 0 atom stereocenters. The maximum atomic E-state index is 12.2. The van der Waals surface area contributed by atoms with Crippen molar-refractivity contribution in [1.82, 2.24) is 5.32 Å². The van der Waals surface area contributed by atoms with Gasteiger partial charge >= 0.3 is 6.09 Å². The van der Waals surface area contributed by atoms with E-state index in [2.05, 4.69) is 77.4 Å². The maximum absolute atomic E-state index is 12.2. The first-order chi connectivity index (χ1) is 15.3. The summed E-state index contributed by atoms with van der Waals surface area (Å²) >= 11 is 0. The minimum absolute atomic E-state index is 0.0901. The van der Waals surface area contributed by atoms with Crippen molar-refractivity contribution >= 4 is 17.9 Å². The van der Waals surface area contributed by atoms with Crippen molar-refractivity contribution in [2.45, 2.75) is 18.8 Å². The van der Waals surface area contributed by atoms with Crippen LogP contribution >= 0.6 is 0 Å². The van der Waals surface area contributed by atoms with Crippen LogP contribution < -0.4 is 10.6 Å². The fourth-order valence-electron chi connectivity index (χ4n) is 4.55. The van der Waals surface area contributed by atoms with E-state index >= 15 is 0 Å². The van der Waals surface area contributed by atoms with E-state index < -0.39 is 0 Å². The summed E-state index contributed by atoms with van der Waals surface area (Å²) in [6, 6.07) is 23.2. The Morgan fingerprint density at radius 2 is 1.77 bits per heavy atom. The molecule has 2 aliphatic rings. The first-order valence-corrected chi connectivity index (χ1v) is 10.9. The number of rotatable bonds is 6. The Kier molecular flexibility index (Phi) is 5.44. The van der Waals surface area contributed by atoms with E-state index in [0.717, 1.165) is 19.4 Å². The van der Waals surface area contributed by atoms with Gasteiger partial charge < -0.3 is 15.4 Å². The lowest BCUT2D eigenvalue weighted by Gasteiger charge is -2.14. The van der Waals surface area contributed by atoms with Gasteiger partial charge in [-0.15, -0.1) is 0 Å². The first-order valence-electron chi connectivity index (χ1n) is 10.9. The summed E-state index contributed by atoms with van der Waals surface area (Å²) in [5, 5.41) is 6.23. The standard InChI is InChI=1S/C27H26N2O2/c30-27(29-15-6-5-7-19-12-13-26-20(17-19)14-16-28-26)31-18-25-23-10-3-1-8-21(23)22-9-2-4-11-24(22)25/h1-5,7-13,17,25,28H,6,14-16,18H2,(H,29,30). The van der Waals surface area contributed by atoms with E-state index in [1.807, 2.05) is 12.1 Å². The molecule has 2 N–H and O–H groups in total. The Hall–Kier alpha value is -3.53. The van der Waals surface area contributed by atoms with Gasteiger partial charge in [-0.2, -0.15) is 0 Å². The number of fused-ring (bicyclic) bond motifs is 4. The average Bonchev–Trinajstić information content (AvgIpc) is 3.40. The molecule has 156 valence electrons. The molecule has 0 bridgehead atoms. The van der Waals surface area contributed by atoms with E-state index in [0.29, 0.717) is 13.2 Å². The summed E-state index contributed by atoms with van der Waals surface area (Å²) in [6.07, 6.45) is 5.69. The van der Waals surface area contributed by atoms with E-state index in [-0.39, 0.29) is 12.0 Å². The van der Waals surface area contributed by atoms with Crippen LogP contribution in [-0.4, -0.2) is 25.8 Å². The zero-order chi connectivity index (χ0) is 21.0. The van der Waals surface area contributed by atoms with Gasteiger partial charge in [-0.1, -0.05) is 66.7 Å². The van der Waals surface area contributed by atoms with Crippen molar-refractivity contribution in [3.05, 3.63) is 95.1 Å². The Labute approximate surface area is 183 Å². The maximum Gasteiger partial charge on any atom is 0.407 e. The van der Waals surface area contributed by atoms with Crippen LogP contribution in [0.1, 0.15) is 34.6 Å². The molecule has 0 aromatic heterocycles. The van der Waals surface area contributed by atoms with Crippen molar-refractivity contribution in [2.24, 2.45) is 0 Å². The largest absolute Gasteiger partial charge is 0.449 e. The van der Waals surface area contributed by atoms with E-state index in [9.17, 15) is 4.79 Å². The molecule has 5 rings (SSSR count). The second-order valence-electron chi connectivity index (χ2n) is 8.04. The average molecular weight is 411 g/mol. The quantitative estimate of drug-likeness (QED) is 0.520. The molecule has 3 aromatic carbocycles. The molecule has 0 spiro atoms. The predicted octanol–water partition coefficient (Wildman–Crippen LogP) is 5.60. The number of alkyl carbamates (subject to hydrolysis) is 1. The third-order valence-electron chi connectivity index (χ3n) is 6.07. The summed E-state index contributed by atoms with van der Waals surface area (Å²) in [5.74, 6) is 0.0901. The number of nitrogens with one attached hydrogen (secondary N) is 2. The number of amides is 1. The molecule has 0 unspecified atom stereocenters. The molecular formula is C27H26N2O2. The molecule has 1 aliphatic carbocycles. The summed E-state index contributed by atoms with van der Waals surface area (Å²) in [5.41, 5.74) is 8.74. The van der Waals surface area contributed by atoms with Crippen molar-refractivity contribution in [2.75, 3.05) is 25.0 Å². The van der Waals surface area contributed by atoms with E-state index in [1.165, 1.54) is 39.1 Å². The molecule has 4 nitrogen and oxygen atoms in total. The van der Waals surface area contributed by atoms with Gasteiger partial charge in [0.2, 0.25) is 0 Å². The van der Waals surface area contributed by atoms with Gasteiger partial charge in [0.1, 0.15) is 6.61 Å².